The van der Waals surface area contributed by atoms with Gasteiger partial charge < -0.3 is 15.3 Å². The third-order valence-corrected chi connectivity index (χ3v) is 4.13. The van der Waals surface area contributed by atoms with Gasteiger partial charge in [0.15, 0.2) is 0 Å². The van der Waals surface area contributed by atoms with Crippen LogP contribution in [0, 0.1) is 6.92 Å². The van der Waals surface area contributed by atoms with E-state index in [0.29, 0.717) is 6.42 Å². The largest absolute Gasteiger partial charge is 0.480 e. The van der Waals surface area contributed by atoms with Gasteiger partial charge in [0.25, 0.3) is 0 Å². The van der Waals surface area contributed by atoms with E-state index in [0.717, 1.165) is 9.88 Å². The molecular formula is C13H21N3O3S. The molecule has 0 aliphatic carbocycles. The maximum atomic E-state index is 12.2. The van der Waals surface area contributed by atoms with Crippen molar-refractivity contribution in [1.82, 2.24) is 15.2 Å². The molecule has 0 saturated carbocycles. The summed E-state index contributed by atoms with van der Waals surface area (Å²) in [6.45, 7) is 7.24. The number of amides is 2. The first-order valence-corrected chi connectivity index (χ1v) is 7.38. The van der Waals surface area contributed by atoms with Crippen molar-refractivity contribution in [3.05, 3.63) is 16.1 Å². The van der Waals surface area contributed by atoms with Gasteiger partial charge in [-0.1, -0.05) is 6.92 Å². The van der Waals surface area contributed by atoms with E-state index < -0.39 is 5.97 Å². The Morgan fingerprint density at radius 2 is 2.15 bits per heavy atom. The number of nitrogens with one attached hydrogen (secondary N) is 1. The van der Waals surface area contributed by atoms with E-state index in [1.54, 1.807) is 6.20 Å². The second kappa shape index (κ2) is 7.23. The van der Waals surface area contributed by atoms with Crippen LogP contribution in [-0.2, 0) is 4.79 Å². The first-order valence-electron chi connectivity index (χ1n) is 6.56. The molecule has 2 atom stereocenters. The molecule has 6 nitrogen and oxygen atoms in total. The number of hydrogen-bond donors (Lipinski definition) is 2. The third-order valence-electron chi connectivity index (χ3n) is 3.04. The quantitative estimate of drug-likeness (QED) is 0.845. The summed E-state index contributed by atoms with van der Waals surface area (Å²) in [6.07, 6.45) is 2.46. The summed E-state index contributed by atoms with van der Waals surface area (Å²) in [5.74, 6) is -1.02. The Kier molecular flexibility index (Phi) is 5.94. The molecule has 0 aliphatic rings. The van der Waals surface area contributed by atoms with Crippen LogP contribution in [0.25, 0.3) is 0 Å². The summed E-state index contributed by atoms with van der Waals surface area (Å²) in [7, 11) is 0. The highest BCUT2D eigenvalue weighted by molar-refractivity contribution is 7.11. The lowest BCUT2D eigenvalue weighted by molar-refractivity contribution is -0.138. The number of carbonyl (C=O) groups is 2. The molecule has 2 unspecified atom stereocenters. The second-order valence-electron chi connectivity index (χ2n) is 4.76. The standard InChI is InChI=1S/C13H21N3O3S/c1-5-8(2)16(7-11(17)18)13(19)15-10(4)12-14-6-9(3)20-12/h6,8,10H,5,7H2,1-4H3,(H,15,19)(H,17,18). The molecule has 2 N–H and O–H groups in total. The monoisotopic (exact) mass is 299 g/mol. The zero-order valence-corrected chi connectivity index (χ0v) is 13.0. The molecule has 0 spiro atoms. The van der Waals surface area contributed by atoms with Crippen LogP contribution in [0.15, 0.2) is 6.20 Å². The Bertz CT molecular complexity index is 475. The normalized spacial score (nSPS) is 13.6. The Morgan fingerprint density at radius 3 is 2.60 bits per heavy atom. The van der Waals surface area contributed by atoms with Gasteiger partial charge in [-0.05, 0) is 27.2 Å². The predicted molar refractivity (Wildman–Crippen MR) is 77.9 cm³/mol. The van der Waals surface area contributed by atoms with Gasteiger partial charge in [-0.25, -0.2) is 9.78 Å². The minimum Gasteiger partial charge on any atom is -0.480 e. The molecule has 1 rings (SSSR count). The molecule has 0 fully saturated rings. The second-order valence-corrected chi connectivity index (χ2v) is 6.03. The average Bonchev–Trinajstić information content (AvgIpc) is 2.81. The maximum Gasteiger partial charge on any atom is 0.323 e. The van der Waals surface area contributed by atoms with Gasteiger partial charge in [0.1, 0.15) is 11.6 Å². The highest BCUT2D eigenvalue weighted by Crippen LogP contribution is 2.19. The van der Waals surface area contributed by atoms with Gasteiger partial charge >= 0.3 is 12.0 Å². The van der Waals surface area contributed by atoms with Crippen LogP contribution >= 0.6 is 11.3 Å². The van der Waals surface area contributed by atoms with Gasteiger partial charge in [0.2, 0.25) is 0 Å². The van der Waals surface area contributed by atoms with Gasteiger partial charge in [0, 0.05) is 17.1 Å². The van der Waals surface area contributed by atoms with E-state index in [-0.39, 0.29) is 24.7 Å². The predicted octanol–water partition coefficient (Wildman–Crippen LogP) is 2.41. The van der Waals surface area contributed by atoms with Crippen LogP contribution in [0.5, 0.6) is 0 Å². The van der Waals surface area contributed by atoms with Crippen molar-refractivity contribution in [2.75, 3.05) is 6.54 Å². The lowest BCUT2D eigenvalue weighted by Gasteiger charge is -2.28. The Morgan fingerprint density at radius 1 is 1.50 bits per heavy atom. The average molecular weight is 299 g/mol. The van der Waals surface area contributed by atoms with Crippen molar-refractivity contribution < 1.29 is 14.7 Å². The molecular weight excluding hydrogens is 278 g/mol. The summed E-state index contributed by atoms with van der Waals surface area (Å²) in [5.41, 5.74) is 0. The minimum atomic E-state index is -1.02. The maximum absolute atomic E-state index is 12.2. The molecule has 0 radical (unpaired) electrons. The highest BCUT2D eigenvalue weighted by Gasteiger charge is 2.23. The van der Waals surface area contributed by atoms with Crippen LogP contribution in [-0.4, -0.2) is 39.6 Å². The number of rotatable bonds is 6. The number of urea groups is 1. The van der Waals surface area contributed by atoms with Gasteiger partial charge in [0.05, 0.1) is 6.04 Å². The van der Waals surface area contributed by atoms with E-state index in [9.17, 15) is 9.59 Å². The Hall–Kier alpha value is -1.63. The van der Waals surface area contributed by atoms with Crippen LogP contribution in [0.2, 0.25) is 0 Å². The molecule has 0 aliphatic heterocycles. The van der Waals surface area contributed by atoms with Crippen molar-refractivity contribution in [2.24, 2.45) is 0 Å². The van der Waals surface area contributed by atoms with Crippen LogP contribution in [0.3, 0.4) is 0 Å². The number of carboxylic acid groups (broad SMARTS) is 1. The van der Waals surface area contributed by atoms with Gasteiger partial charge in [-0.2, -0.15) is 0 Å². The van der Waals surface area contributed by atoms with E-state index in [2.05, 4.69) is 10.3 Å². The van der Waals surface area contributed by atoms with Gasteiger partial charge in [-0.15, -0.1) is 11.3 Å². The molecule has 1 aromatic rings. The molecule has 20 heavy (non-hydrogen) atoms. The number of thiazole rings is 1. The fourth-order valence-electron chi connectivity index (χ4n) is 1.70. The fraction of sp³-hybridized carbons (Fsp3) is 0.615. The topological polar surface area (TPSA) is 82.5 Å². The molecule has 112 valence electrons. The van der Waals surface area contributed by atoms with Crippen LogP contribution < -0.4 is 5.32 Å². The minimum absolute atomic E-state index is 0.128. The zero-order chi connectivity index (χ0) is 15.3. The smallest absolute Gasteiger partial charge is 0.323 e. The van der Waals surface area contributed by atoms with E-state index in [1.807, 2.05) is 27.7 Å². The Labute approximate surface area is 122 Å². The van der Waals surface area contributed by atoms with E-state index >= 15 is 0 Å². The number of carbonyl (C=O) groups excluding carboxylic acids is 1. The molecule has 1 aromatic heterocycles. The van der Waals surface area contributed by atoms with Crippen molar-refractivity contribution >= 4 is 23.3 Å². The molecule has 0 saturated heterocycles. The summed E-state index contributed by atoms with van der Waals surface area (Å²) in [4.78, 5) is 29.7. The number of aryl methyl sites for hydroxylation is 1. The molecule has 0 aromatic carbocycles. The highest BCUT2D eigenvalue weighted by atomic mass is 32.1. The van der Waals surface area contributed by atoms with Gasteiger partial charge in [-0.3, -0.25) is 4.79 Å². The number of aliphatic carboxylic acids is 1. The molecule has 0 bridgehead atoms. The summed E-state index contributed by atoms with van der Waals surface area (Å²) >= 11 is 1.52. The molecule has 7 heteroatoms. The van der Waals surface area contributed by atoms with Crippen LogP contribution in [0.4, 0.5) is 4.79 Å². The zero-order valence-electron chi connectivity index (χ0n) is 12.2. The van der Waals surface area contributed by atoms with Crippen LogP contribution in [0.1, 0.15) is 43.1 Å². The van der Waals surface area contributed by atoms with Crippen molar-refractivity contribution in [2.45, 2.75) is 46.2 Å². The molecule has 1 heterocycles. The first kappa shape index (κ1) is 16.4. The summed E-state index contributed by atoms with van der Waals surface area (Å²) in [6, 6.07) is -0.736. The third kappa shape index (κ3) is 4.48. The lowest BCUT2D eigenvalue weighted by Crippen LogP contribution is -2.47. The fourth-order valence-corrected chi connectivity index (χ4v) is 2.47. The number of aromatic nitrogens is 1. The number of nitrogens with zero attached hydrogens (tertiary/aromatic N) is 2. The lowest BCUT2D eigenvalue weighted by atomic mass is 10.2. The van der Waals surface area contributed by atoms with E-state index in [4.69, 9.17) is 5.11 Å². The van der Waals surface area contributed by atoms with E-state index in [1.165, 1.54) is 16.2 Å². The molecule has 2 amide bonds. The van der Waals surface area contributed by atoms with Crippen molar-refractivity contribution in [3.8, 4) is 0 Å². The summed E-state index contributed by atoms with van der Waals surface area (Å²) in [5, 5.41) is 12.5. The van der Waals surface area contributed by atoms with Crippen molar-refractivity contribution in [1.29, 1.82) is 0 Å². The number of hydrogen-bond acceptors (Lipinski definition) is 4. The number of carboxylic acids is 1. The Balaban J connectivity index is 2.72. The first-order chi connectivity index (χ1) is 9.35. The summed E-state index contributed by atoms with van der Waals surface area (Å²) < 4.78 is 0. The SMILES string of the molecule is CCC(C)N(CC(=O)O)C(=O)NC(C)c1ncc(C)s1. The van der Waals surface area contributed by atoms with Crippen molar-refractivity contribution in [3.63, 3.8) is 0 Å².